The minimum atomic E-state index is -3.66. The normalized spacial score (nSPS) is 17.3. The van der Waals surface area contributed by atoms with Crippen molar-refractivity contribution in [3.05, 3.63) is 53.1 Å². The number of amides is 1. The van der Waals surface area contributed by atoms with Crippen molar-refractivity contribution in [2.24, 2.45) is 0 Å². The van der Waals surface area contributed by atoms with Gasteiger partial charge in [0.05, 0.1) is 25.1 Å². The first-order valence-corrected chi connectivity index (χ1v) is 12.0. The van der Waals surface area contributed by atoms with E-state index in [1.807, 2.05) is 58.0 Å². The largest absolute Gasteiger partial charge is 0.497 e. The lowest BCUT2D eigenvalue weighted by molar-refractivity contribution is -0.120. The number of hydrogen-bond donors (Lipinski definition) is 1. The third kappa shape index (κ3) is 5.31. The van der Waals surface area contributed by atoms with Crippen molar-refractivity contribution in [2.45, 2.75) is 45.8 Å². The van der Waals surface area contributed by atoms with Gasteiger partial charge in [-0.15, -0.1) is 0 Å². The van der Waals surface area contributed by atoms with Crippen molar-refractivity contribution in [3.8, 4) is 11.5 Å². The number of rotatable bonds is 6. The zero-order valence-corrected chi connectivity index (χ0v) is 19.7. The molecule has 0 unspecified atom stereocenters. The SMILES string of the molecule is COc1ccc2c(c1)[C@H](NC(=O)CN(c1cc(C)ccc1C)S(C)(=O)=O)CC(C)(C)O2. The Morgan fingerprint density at radius 2 is 1.94 bits per heavy atom. The molecule has 0 spiro atoms. The first kappa shape index (κ1) is 22.9. The Morgan fingerprint density at radius 1 is 1.23 bits per heavy atom. The van der Waals surface area contributed by atoms with Crippen LogP contribution in [0.1, 0.15) is 43.0 Å². The van der Waals surface area contributed by atoms with E-state index in [9.17, 15) is 13.2 Å². The number of benzene rings is 2. The van der Waals surface area contributed by atoms with Gasteiger partial charge in [-0.1, -0.05) is 12.1 Å². The molecule has 31 heavy (non-hydrogen) atoms. The number of fused-ring (bicyclic) bond motifs is 1. The van der Waals surface area contributed by atoms with Crippen LogP contribution in [0.4, 0.5) is 5.69 Å². The monoisotopic (exact) mass is 446 g/mol. The predicted molar refractivity (Wildman–Crippen MR) is 121 cm³/mol. The third-order valence-electron chi connectivity index (χ3n) is 5.33. The Balaban J connectivity index is 1.89. The standard InChI is InChI=1S/C23H30N2O5S/c1-15-7-8-16(2)20(11-15)25(31(6,27)28)14-22(26)24-19-13-23(3,4)30-21-10-9-17(29-5)12-18(19)21/h7-12,19H,13-14H2,1-6H3,(H,24,26)/t19-/m1/s1. The van der Waals surface area contributed by atoms with Crippen LogP contribution in [0.2, 0.25) is 0 Å². The lowest BCUT2D eigenvalue weighted by Crippen LogP contribution is -2.45. The van der Waals surface area contributed by atoms with E-state index in [-0.39, 0.29) is 18.5 Å². The summed E-state index contributed by atoms with van der Waals surface area (Å²) < 4.78 is 37.6. The maximum atomic E-state index is 13.0. The molecule has 0 fully saturated rings. The van der Waals surface area contributed by atoms with E-state index in [1.54, 1.807) is 13.2 Å². The number of nitrogens with zero attached hydrogens (tertiary/aromatic N) is 1. The average molecular weight is 447 g/mol. The maximum Gasteiger partial charge on any atom is 0.241 e. The Labute approximate surface area is 184 Å². The van der Waals surface area contributed by atoms with Gasteiger partial charge in [-0.2, -0.15) is 0 Å². The Morgan fingerprint density at radius 3 is 2.58 bits per heavy atom. The van der Waals surface area contributed by atoms with Gasteiger partial charge in [-0.25, -0.2) is 8.42 Å². The summed E-state index contributed by atoms with van der Waals surface area (Å²) in [5.74, 6) is 0.953. The molecule has 1 atom stereocenters. The lowest BCUT2D eigenvalue weighted by atomic mass is 9.89. The second-order valence-corrected chi connectivity index (χ2v) is 10.6. The molecule has 168 valence electrons. The highest BCUT2D eigenvalue weighted by Gasteiger charge is 2.35. The first-order valence-electron chi connectivity index (χ1n) is 10.1. The predicted octanol–water partition coefficient (Wildman–Crippen LogP) is 3.50. The number of aryl methyl sites for hydroxylation is 2. The number of carbonyl (C=O) groups is 1. The minimum Gasteiger partial charge on any atom is -0.497 e. The average Bonchev–Trinajstić information content (AvgIpc) is 2.66. The Hall–Kier alpha value is -2.74. The summed E-state index contributed by atoms with van der Waals surface area (Å²) in [5, 5.41) is 3.01. The molecule has 7 nitrogen and oxygen atoms in total. The quantitative estimate of drug-likeness (QED) is 0.734. The highest BCUT2D eigenvalue weighted by atomic mass is 32.2. The van der Waals surface area contributed by atoms with E-state index >= 15 is 0 Å². The van der Waals surface area contributed by atoms with Gasteiger partial charge in [0, 0.05) is 12.0 Å². The van der Waals surface area contributed by atoms with Gasteiger partial charge >= 0.3 is 0 Å². The fourth-order valence-electron chi connectivity index (χ4n) is 3.83. The van der Waals surface area contributed by atoms with E-state index in [0.717, 1.165) is 27.3 Å². The highest BCUT2D eigenvalue weighted by Crippen LogP contribution is 2.41. The van der Waals surface area contributed by atoms with E-state index in [2.05, 4.69) is 5.32 Å². The summed E-state index contributed by atoms with van der Waals surface area (Å²) in [7, 11) is -2.08. The molecule has 0 bridgehead atoms. The van der Waals surface area contributed by atoms with Crippen LogP contribution in [-0.4, -0.2) is 39.8 Å². The fourth-order valence-corrected chi connectivity index (χ4v) is 4.73. The topological polar surface area (TPSA) is 84.9 Å². The van der Waals surface area contributed by atoms with E-state index in [0.29, 0.717) is 23.6 Å². The van der Waals surface area contributed by atoms with Crippen molar-refractivity contribution in [2.75, 3.05) is 24.2 Å². The zero-order chi connectivity index (χ0) is 23.0. The maximum absolute atomic E-state index is 13.0. The fraction of sp³-hybridized carbons (Fsp3) is 0.435. The smallest absolute Gasteiger partial charge is 0.241 e. The van der Waals surface area contributed by atoms with Gasteiger partial charge in [0.2, 0.25) is 15.9 Å². The van der Waals surface area contributed by atoms with Crippen LogP contribution in [-0.2, 0) is 14.8 Å². The number of methoxy groups -OCH3 is 1. The second kappa shape index (κ2) is 8.42. The molecule has 1 N–H and O–H groups in total. The molecule has 8 heteroatoms. The van der Waals surface area contributed by atoms with E-state index < -0.39 is 15.6 Å². The Bertz CT molecular complexity index is 1100. The summed E-state index contributed by atoms with van der Waals surface area (Å²) in [6.45, 7) is 7.32. The molecule has 0 radical (unpaired) electrons. The highest BCUT2D eigenvalue weighted by molar-refractivity contribution is 7.92. The number of sulfonamides is 1. The van der Waals surface area contributed by atoms with Gasteiger partial charge in [0.1, 0.15) is 23.6 Å². The molecule has 2 aromatic carbocycles. The van der Waals surface area contributed by atoms with Crippen LogP contribution in [0.25, 0.3) is 0 Å². The van der Waals surface area contributed by atoms with Crippen LogP contribution < -0.4 is 19.1 Å². The number of hydrogen-bond acceptors (Lipinski definition) is 5. The molecule has 1 aliphatic rings. The minimum absolute atomic E-state index is 0.305. The van der Waals surface area contributed by atoms with Crippen molar-refractivity contribution in [3.63, 3.8) is 0 Å². The molecule has 0 saturated heterocycles. The molecule has 3 rings (SSSR count). The van der Waals surface area contributed by atoms with Crippen molar-refractivity contribution >= 4 is 21.6 Å². The molecule has 0 aromatic heterocycles. The molecule has 1 aliphatic heterocycles. The zero-order valence-electron chi connectivity index (χ0n) is 18.9. The number of nitrogens with one attached hydrogen (secondary N) is 1. The third-order valence-corrected chi connectivity index (χ3v) is 6.46. The second-order valence-electron chi connectivity index (χ2n) is 8.65. The number of ether oxygens (including phenoxy) is 2. The summed E-state index contributed by atoms with van der Waals surface area (Å²) >= 11 is 0. The van der Waals surface area contributed by atoms with Crippen LogP contribution in [0.3, 0.4) is 0 Å². The molecule has 1 heterocycles. The molecule has 2 aromatic rings. The molecule has 0 saturated carbocycles. The van der Waals surface area contributed by atoms with Crippen molar-refractivity contribution in [1.29, 1.82) is 0 Å². The van der Waals surface area contributed by atoms with Crippen molar-refractivity contribution in [1.82, 2.24) is 5.32 Å². The van der Waals surface area contributed by atoms with E-state index in [4.69, 9.17) is 9.47 Å². The lowest BCUT2D eigenvalue weighted by Gasteiger charge is -2.38. The summed E-state index contributed by atoms with van der Waals surface area (Å²) in [4.78, 5) is 13.0. The van der Waals surface area contributed by atoms with Crippen LogP contribution in [0, 0.1) is 13.8 Å². The molecule has 1 amide bonds. The summed E-state index contributed by atoms with van der Waals surface area (Å²) in [5.41, 5.74) is 2.54. The van der Waals surface area contributed by atoms with Gasteiger partial charge < -0.3 is 14.8 Å². The van der Waals surface area contributed by atoms with E-state index in [1.165, 1.54) is 0 Å². The molecular weight excluding hydrogens is 416 g/mol. The van der Waals surface area contributed by atoms with Crippen molar-refractivity contribution < 1.29 is 22.7 Å². The number of carbonyl (C=O) groups excluding carboxylic acids is 1. The first-order chi connectivity index (χ1) is 14.4. The van der Waals surface area contributed by atoms with Gasteiger partial charge in [0.15, 0.2) is 0 Å². The van der Waals surface area contributed by atoms with Crippen LogP contribution in [0.5, 0.6) is 11.5 Å². The summed E-state index contributed by atoms with van der Waals surface area (Å²) in [6.07, 6.45) is 1.65. The number of anilines is 1. The van der Waals surface area contributed by atoms with Crippen LogP contribution in [0.15, 0.2) is 36.4 Å². The summed E-state index contributed by atoms with van der Waals surface area (Å²) in [6, 6.07) is 10.7. The van der Waals surface area contributed by atoms with Gasteiger partial charge in [-0.3, -0.25) is 9.10 Å². The van der Waals surface area contributed by atoms with Crippen LogP contribution >= 0.6 is 0 Å². The molecule has 0 aliphatic carbocycles. The Kier molecular flexibility index (Phi) is 6.23. The molecular formula is C23H30N2O5S. The van der Waals surface area contributed by atoms with Gasteiger partial charge in [-0.05, 0) is 63.1 Å². The van der Waals surface area contributed by atoms with Gasteiger partial charge in [0.25, 0.3) is 0 Å².